The van der Waals surface area contributed by atoms with E-state index in [1.807, 2.05) is 0 Å². The zero-order valence-corrected chi connectivity index (χ0v) is 24.9. The fraction of sp³-hybridized carbons (Fsp3) is 0. The van der Waals surface area contributed by atoms with Crippen molar-refractivity contribution >= 4 is 22.6 Å². The predicted molar refractivity (Wildman–Crippen MR) is 191 cm³/mol. The Morgan fingerprint density at radius 3 is 1.56 bits per heavy atom. The van der Waals surface area contributed by atoms with Crippen molar-refractivity contribution in [1.29, 1.82) is 0 Å². The normalized spacial score (nSPS) is 11.6. The second-order valence-corrected chi connectivity index (χ2v) is 11.4. The molecule has 0 fully saturated rings. The number of hydrogen-bond donors (Lipinski definition) is 0. The molecule has 0 radical (unpaired) electrons. The Labute approximate surface area is 265 Å². The highest BCUT2D eigenvalue weighted by molar-refractivity contribution is 6.07. The molecule has 1 aliphatic rings. The molecule has 1 aliphatic carbocycles. The molecule has 0 heterocycles. The molecule has 0 atom stereocenters. The van der Waals surface area contributed by atoms with E-state index >= 15 is 0 Å². The number of benzene rings is 7. The van der Waals surface area contributed by atoms with E-state index in [4.69, 9.17) is 0 Å². The first-order valence-electron chi connectivity index (χ1n) is 15.4. The summed E-state index contributed by atoms with van der Waals surface area (Å²) in [6, 6.07) is 63.0. The number of hydrogen-bond acceptors (Lipinski definition) is 1. The smallest absolute Gasteiger partial charge is 0.0546 e. The standard InChI is InChI=1S/C44H31N/c1-31-38-23-11-12-24-39(38)40-25-14-26-43(44(31)40)45(37-22-13-21-35(29-37)32-15-5-2-6-16-32)42-28-27-36(33-17-7-3-8-18-33)30-41(42)34-19-9-4-10-20-34/h2-30H,1H2. The maximum atomic E-state index is 4.64. The molecule has 7 aromatic rings. The molecule has 0 unspecified atom stereocenters. The Bertz CT molecular complexity index is 2160. The maximum Gasteiger partial charge on any atom is 0.0546 e. The molecule has 1 heteroatoms. The van der Waals surface area contributed by atoms with Crippen LogP contribution in [0.1, 0.15) is 11.1 Å². The van der Waals surface area contributed by atoms with E-state index in [2.05, 4.69) is 187 Å². The first-order valence-corrected chi connectivity index (χ1v) is 15.4. The Kier molecular flexibility index (Phi) is 6.70. The summed E-state index contributed by atoms with van der Waals surface area (Å²) in [7, 11) is 0. The predicted octanol–water partition coefficient (Wildman–Crippen LogP) is 12.2. The van der Waals surface area contributed by atoms with Crippen LogP contribution in [-0.2, 0) is 0 Å². The third kappa shape index (κ3) is 4.76. The second kappa shape index (κ2) is 11.3. The Morgan fingerprint density at radius 2 is 0.867 bits per heavy atom. The van der Waals surface area contributed by atoms with Crippen LogP contribution in [0.4, 0.5) is 17.1 Å². The van der Waals surface area contributed by atoms with Gasteiger partial charge in [0.2, 0.25) is 0 Å². The average Bonchev–Trinajstić information content (AvgIpc) is 3.42. The Balaban J connectivity index is 1.40. The van der Waals surface area contributed by atoms with Gasteiger partial charge < -0.3 is 4.90 Å². The molecule has 1 nitrogen and oxygen atoms in total. The van der Waals surface area contributed by atoms with Crippen molar-refractivity contribution in [2.75, 3.05) is 4.90 Å². The number of rotatable bonds is 6. The Morgan fingerprint density at radius 1 is 0.333 bits per heavy atom. The molecule has 0 spiro atoms. The minimum atomic E-state index is 1.06. The minimum absolute atomic E-state index is 1.06. The number of nitrogens with zero attached hydrogens (tertiary/aromatic N) is 1. The maximum absolute atomic E-state index is 4.64. The van der Waals surface area contributed by atoms with Crippen molar-refractivity contribution in [2.24, 2.45) is 0 Å². The van der Waals surface area contributed by atoms with Crippen LogP contribution in [-0.4, -0.2) is 0 Å². The summed E-state index contributed by atoms with van der Waals surface area (Å²) in [4.78, 5) is 2.43. The van der Waals surface area contributed by atoms with Crippen LogP contribution in [0.15, 0.2) is 183 Å². The van der Waals surface area contributed by atoms with Gasteiger partial charge in [0.05, 0.1) is 11.4 Å². The largest absolute Gasteiger partial charge is 0.309 e. The van der Waals surface area contributed by atoms with Crippen LogP contribution in [0.2, 0.25) is 0 Å². The summed E-state index contributed by atoms with van der Waals surface area (Å²) < 4.78 is 0. The van der Waals surface area contributed by atoms with Crippen molar-refractivity contribution in [3.05, 3.63) is 194 Å². The monoisotopic (exact) mass is 573 g/mol. The average molecular weight is 574 g/mol. The van der Waals surface area contributed by atoms with E-state index in [-0.39, 0.29) is 0 Å². The molecule has 0 amide bonds. The molecule has 0 saturated carbocycles. The van der Waals surface area contributed by atoms with Gasteiger partial charge in [-0.15, -0.1) is 0 Å². The van der Waals surface area contributed by atoms with Crippen LogP contribution in [0.5, 0.6) is 0 Å². The zero-order valence-electron chi connectivity index (χ0n) is 24.9. The lowest BCUT2D eigenvalue weighted by molar-refractivity contribution is 1.28. The van der Waals surface area contributed by atoms with Gasteiger partial charge in [-0.1, -0.05) is 152 Å². The van der Waals surface area contributed by atoms with Gasteiger partial charge in [0.1, 0.15) is 0 Å². The van der Waals surface area contributed by atoms with Gasteiger partial charge in [0.25, 0.3) is 0 Å². The van der Waals surface area contributed by atoms with Gasteiger partial charge in [0.15, 0.2) is 0 Å². The highest BCUT2D eigenvalue weighted by Crippen LogP contribution is 2.52. The summed E-state index contributed by atoms with van der Waals surface area (Å²) >= 11 is 0. The van der Waals surface area contributed by atoms with Crippen LogP contribution in [0.25, 0.3) is 50.1 Å². The molecular formula is C44H31N. The van der Waals surface area contributed by atoms with E-state index in [9.17, 15) is 0 Å². The molecular weight excluding hydrogens is 542 g/mol. The zero-order chi connectivity index (χ0) is 30.2. The van der Waals surface area contributed by atoms with Crippen molar-refractivity contribution in [3.63, 3.8) is 0 Å². The molecule has 0 saturated heterocycles. The quantitative estimate of drug-likeness (QED) is 0.191. The third-order valence-corrected chi connectivity index (χ3v) is 8.77. The molecule has 8 rings (SSSR count). The van der Waals surface area contributed by atoms with Crippen molar-refractivity contribution in [1.82, 2.24) is 0 Å². The fourth-order valence-electron chi connectivity index (χ4n) is 6.64. The van der Waals surface area contributed by atoms with Gasteiger partial charge in [0, 0.05) is 16.8 Å². The summed E-state index contributed by atoms with van der Waals surface area (Å²) in [6.07, 6.45) is 0. The summed E-state index contributed by atoms with van der Waals surface area (Å²) in [5.74, 6) is 0. The first kappa shape index (κ1) is 26.7. The number of anilines is 3. The molecule has 0 bridgehead atoms. The van der Waals surface area contributed by atoms with Crippen LogP contribution < -0.4 is 4.90 Å². The van der Waals surface area contributed by atoms with Gasteiger partial charge in [-0.05, 0) is 80.4 Å². The summed E-state index contributed by atoms with van der Waals surface area (Å²) in [5, 5.41) is 0. The van der Waals surface area contributed by atoms with Gasteiger partial charge in [-0.2, -0.15) is 0 Å². The van der Waals surface area contributed by atoms with E-state index in [1.165, 1.54) is 55.6 Å². The molecule has 0 N–H and O–H groups in total. The topological polar surface area (TPSA) is 3.24 Å². The van der Waals surface area contributed by atoms with E-state index < -0.39 is 0 Å². The van der Waals surface area contributed by atoms with Gasteiger partial charge >= 0.3 is 0 Å². The lowest BCUT2D eigenvalue weighted by atomic mass is 9.95. The molecule has 0 aromatic heterocycles. The van der Waals surface area contributed by atoms with Gasteiger partial charge in [-0.25, -0.2) is 0 Å². The highest BCUT2D eigenvalue weighted by atomic mass is 15.1. The van der Waals surface area contributed by atoms with E-state index in [1.54, 1.807) is 0 Å². The lowest BCUT2D eigenvalue weighted by Gasteiger charge is -2.30. The second-order valence-electron chi connectivity index (χ2n) is 11.4. The third-order valence-electron chi connectivity index (χ3n) is 8.77. The highest BCUT2D eigenvalue weighted by Gasteiger charge is 2.28. The molecule has 45 heavy (non-hydrogen) atoms. The number of fused-ring (bicyclic) bond motifs is 3. The van der Waals surface area contributed by atoms with E-state index in [0.717, 1.165) is 22.6 Å². The summed E-state index contributed by atoms with van der Waals surface area (Å²) in [5.41, 5.74) is 16.3. The summed E-state index contributed by atoms with van der Waals surface area (Å²) in [6.45, 7) is 4.64. The van der Waals surface area contributed by atoms with Crippen molar-refractivity contribution in [2.45, 2.75) is 0 Å². The van der Waals surface area contributed by atoms with Crippen LogP contribution in [0.3, 0.4) is 0 Å². The minimum Gasteiger partial charge on any atom is -0.309 e. The molecule has 212 valence electrons. The van der Waals surface area contributed by atoms with Gasteiger partial charge in [-0.3, -0.25) is 0 Å². The van der Waals surface area contributed by atoms with E-state index in [0.29, 0.717) is 0 Å². The molecule has 0 aliphatic heterocycles. The fourth-order valence-corrected chi connectivity index (χ4v) is 6.64. The van der Waals surface area contributed by atoms with Crippen molar-refractivity contribution < 1.29 is 0 Å². The van der Waals surface area contributed by atoms with Crippen LogP contribution >= 0.6 is 0 Å². The first-order chi connectivity index (χ1) is 22.3. The molecule has 7 aromatic carbocycles. The van der Waals surface area contributed by atoms with Crippen LogP contribution in [0, 0.1) is 0 Å². The Hall–Kier alpha value is -5.92. The SMILES string of the molecule is C=C1c2ccccc2-c2cccc(N(c3cccc(-c4ccccc4)c3)c3ccc(-c4ccccc4)cc3-c3ccccc3)c21. The van der Waals surface area contributed by atoms with Crippen molar-refractivity contribution in [3.8, 4) is 44.5 Å². The lowest BCUT2D eigenvalue weighted by Crippen LogP contribution is -2.13.